The average molecular weight is 236 g/mol. The van der Waals surface area contributed by atoms with Gasteiger partial charge in [-0.05, 0) is 0 Å². The molecule has 1 aromatic carbocycles. The Morgan fingerprint density at radius 1 is 1.00 bits per heavy atom. The number of amidine groups is 1. The number of benzene rings is 1. The van der Waals surface area contributed by atoms with Gasteiger partial charge in [-0.2, -0.15) is 0 Å². The monoisotopic (exact) mass is 236 g/mol. The predicted molar refractivity (Wildman–Crippen MR) is 44.2 cm³/mol. The molecule has 0 atom stereocenters. The van der Waals surface area contributed by atoms with E-state index in [0.29, 0.717) is 0 Å². The van der Waals surface area contributed by atoms with Gasteiger partial charge in [0.25, 0.3) is 0 Å². The molecule has 0 amide bonds. The third-order valence-corrected chi connectivity index (χ3v) is 1.75. The Balaban J connectivity index is 3.83. The molecule has 0 fully saturated rings. The minimum Gasteiger partial charge on any atom is -0.478 e. The lowest BCUT2D eigenvalue weighted by atomic mass is 10.0. The SMILES string of the molecule is N=C(N)c1c(F)c(F)c(F)c(F)c1C(=O)O. The summed E-state index contributed by atoms with van der Waals surface area (Å²) in [5, 5.41) is 15.3. The van der Waals surface area contributed by atoms with Crippen LogP contribution in [-0.4, -0.2) is 16.9 Å². The molecular weight excluding hydrogens is 232 g/mol. The van der Waals surface area contributed by atoms with Crippen LogP contribution >= 0.6 is 0 Å². The average Bonchev–Trinajstić information content (AvgIpc) is 2.18. The number of nitrogen functional groups attached to an aromatic ring is 1. The summed E-state index contributed by atoms with van der Waals surface area (Å²) < 4.78 is 51.5. The van der Waals surface area contributed by atoms with Crippen molar-refractivity contribution >= 4 is 11.8 Å². The Hall–Kier alpha value is -2.12. The number of halogens is 4. The summed E-state index contributed by atoms with van der Waals surface area (Å²) in [6.45, 7) is 0. The lowest BCUT2D eigenvalue weighted by Gasteiger charge is -2.08. The van der Waals surface area contributed by atoms with Crippen molar-refractivity contribution in [2.45, 2.75) is 0 Å². The molecular formula is C8H4F4N2O2. The molecule has 16 heavy (non-hydrogen) atoms. The zero-order valence-electron chi connectivity index (χ0n) is 7.44. The van der Waals surface area contributed by atoms with Crippen LogP contribution in [0.3, 0.4) is 0 Å². The second-order valence-electron chi connectivity index (χ2n) is 2.72. The van der Waals surface area contributed by atoms with Gasteiger partial charge in [-0.15, -0.1) is 0 Å². The quantitative estimate of drug-likeness (QED) is 0.237. The topological polar surface area (TPSA) is 87.2 Å². The maximum atomic E-state index is 13.0. The van der Waals surface area contributed by atoms with Gasteiger partial charge in [0.15, 0.2) is 23.3 Å². The minimum atomic E-state index is -2.26. The summed E-state index contributed by atoms with van der Waals surface area (Å²) in [5.74, 6) is -11.9. The van der Waals surface area contributed by atoms with Crippen LogP contribution in [-0.2, 0) is 0 Å². The first-order valence-electron chi connectivity index (χ1n) is 3.72. The molecule has 86 valence electrons. The molecule has 1 aromatic rings. The molecule has 0 unspecified atom stereocenters. The molecule has 0 saturated carbocycles. The maximum Gasteiger partial charge on any atom is 0.339 e. The smallest absolute Gasteiger partial charge is 0.339 e. The lowest BCUT2D eigenvalue weighted by molar-refractivity contribution is 0.0689. The van der Waals surface area contributed by atoms with Crippen molar-refractivity contribution in [3.05, 3.63) is 34.4 Å². The molecule has 0 aliphatic rings. The van der Waals surface area contributed by atoms with E-state index in [1.54, 1.807) is 0 Å². The van der Waals surface area contributed by atoms with Crippen molar-refractivity contribution < 1.29 is 27.5 Å². The summed E-state index contributed by atoms with van der Waals surface area (Å²) in [7, 11) is 0. The summed E-state index contributed by atoms with van der Waals surface area (Å²) in [6.07, 6.45) is 0. The van der Waals surface area contributed by atoms with Crippen LogP contribution in [0.4, 0.5) is 17.6 Å². The standard InChI is InChI=1S/C8H4F4N2O2/c9-3-1(7(13)14)2(8(15)16)4(10)6(12)5(3)11/h(H3,13,14)(H,15,16). The predicted octanol–water partition coefficient (Wildman–Crippen LogP) is 1.23. The Kier molecular flexibility index (Phi) is 2.84. The van der Waals surface area contributed by atoms with E-state index in [2.05, 4.69) is 0 Å². The third kappa shape index (κ3) is 1.58. The van der Waals surface area contributed by atoms with Crippen molar-refractivity contribution in [1.29, 1.82) is 5.41 Å². The van der Waals surface area contributed by atoms with Crippen molar-refractivity contribution in [1.82, 2.24) is 0 Å². The van der Waals surface area contributed by atoms with E-state index in [4.69, 9.17) is 16.2 Å². The molecule has 0 spiro atoms. The van der Waals surface area contributed by atoms with E-state index < -0.39 is 46.2 Å². The summed E-state index contributed by atoms with van der Waals surface area (Å²) in [6, 6.07) is 0. The van der Waals surface area contributed by atoms with Crippen molar-refractivity contribution in [3.63, 3.8) is 0 Å². The Morgan fingerprint density at radius 2 is 1.38 bits per heavy atom. The number of carboxylic acid groups (broad SMARTS) is 1. The van der Waals surface area contributed by atoms with Gasteiger partial charge in [0.05, 0.1) is 5.56 Å². The van der Waals surface area contributed by atoms with Gasteiger partial charge in [0.2, 0.25) is 0 Å². The number of aromatic carboxylic acids is 1. The van der Waals surface area contributed by atoms with E-state index in [1.165, 1.54) is 0 Å². The molecule has 0 heterocycles. The Morgan fingerprint density at radius 3 is 1.69 bits per heavy atom. The van der Waals surface area contributed by atoms with E-state index in [0.717, 1.165) is 0 Å². The number of hydrogen-bond acceptors (Lipinski definition) is 2. The van der Waals surface area contributed by atoms with Crippen LogP contribution in [0.5, 0.6) is 0 Å². The molecule has 8 heteroatoms. The van der Waals surface area contributed by atoms with Gasteiger partial charge >= 0.3 is 5.97 Å². The van der Waals surface area contributed by atoms with Crippen LogP contribution in [0.1, 0.15) is 15.9 Å². The highest BCUT2D eigenvalue weighted by Crippen LogP contribution is 2.23. The van der Waals surface area contributed by atoms with E-state index >= 15 is 0 Å². The first-order chi connectivity index (χ1) is 7.29. The Labute approximate surface area is 85.8 Å². The number of nitrogens with two attached hydrogens (primary N) is 1. The van der Waals surface area contributed by atoms with E-state index in [9.17, 15) is 22.4 Å². The van der Waals surface area contributed by atoms with Gasteiger partial charge in [-0.1, -0.05) is 0 Å². The van der Waals surface area contributed by atoms with Crippen LogP contribution in [0, 0.1) is 28.7 Å². The maximum absolute atomic E-state index is 13.0. The van der Waals surface area contributed by atoms with Crippen molar-refractivity contribution in [3.8, 4) is 0 Å². The molecule has 0 radical (unpaired) electrons. The zero-order valence-corrected chi connectivity index (χ0v) is 7.44. The fourth-order valence-electron chi connectivity index (χ4n) is 1.09. The summed E-state index contributed by atoms with van der Waals surface area (Å²) >= 11 is 0. The third-order valence-electron chi connectivity index (χ3n) is 1.75. The van der Waals surface area contributed by atoms with Gasteiger partial charge < -0.3 is 10.8 Å². The summed E-state index contributed by atoms with van der Waals surface area (Å²) in [4.78, 5) is 10.5. The van der Waals surface area contributed by atoms with E-state index in [-0.39, 0.29) is 0 Å². The van der Waals surface area contributed by atoms with Crippen LogP contribution < -0.4 is 5.73 Å². The molecule has 4 N–H and O–H groups in total. The van der Waals surface area contributed by atoms with Crippen molar-refractivity contribution in [2.24, 2.45) is 5.73 Å². The number of nitrogens with one attached hydrogen (secondary N) is 1. The van der Waals surface area contributed by atoms with E-state index in [1.807, 2.05) is 0 Å². The molecule has 0 bridgehead atoms. The number of carboxylic acids is 1. The molecule has 0 aliphatic carbocycles. The molecule has 0 aliphatic heterocycles. The second kappa shape index (κ2) is 3.80. The van der Waals surface area contributed by atoms with Crippen LogP contribution in [0.25, 0.3) is 0 Å². The second-order valence-corrected chi connectivity index (χ2v) is 2.72. The first-order valence-corrected chi connectivity index (χ1v) is 3.72. The molecule has 1 rings (SSSR count). The normalized spacial score (nSPS) is 10.2. The van der Waals surface area contributed by atoms with Gasteiger partial charge in [0.1, 0.15) is 11.4 Å². The lowest BCUT2D eigenvalue weighted by Crippen LogP contribution is -2.22. The fraction of sp³-hybridized carbons (Fsp3) is 0. The number of rotatable bonds is 2. The highest BCUT2D eigenvalue weighted by Gasteiger charge is 2.30. The number of carbonyl (C=O) groups is 1. The largest absolute Gasteiger partial charge is 0.478 e. The minimum absolute atomic E-state index is 1.22. The van der Waals surface area contributed by atoms with Crippen molar-refractivity contribution in [2.75, 3.05) is 0 Å². The molecule has 4 nitrogen and oxygen atoms in total. The van der Waals surface area contributed by atoms with Gasteiger partial charge in [0, 0.05) is 0 Å². The molecule has 0 aromatic heterocycles. The zero-order chi connectivity index (χ0) is 12.6. The van der Waals surface area contributed by atoms with Crippen LogP contribution in [0.15, 0.2) is 0 Å². The van der Waals surface area contributed by atoms with Crippen LogP contribution in [0.2, 0.25) is 0 Å². The molecule has 0 saturated heterocycles. The summed E-state index contributed by atoms with van der Waals surface area (Å²) in [5.41, 5.74) is 1.94. The van der Waals surface area contributed by atoms with Gasteiger partial charge in [-0.3, -0.25) is 5.41 Å². The first kappa shape index (κ1) is 12.0. The Bertz CT molecular complexity index is 457. The highest BCUT2D eigenvalue weighted by molar-refractivity contribution is 6.05. The number of hydrogen-bond donors (Lipinski definition) is 3. The highest BCUT2D eigenvalue weighted by atomic mass is 19.2. The van der Waals surface area contributed by atoms with Gasteiger partial charge in [-0.25, -0.2) is 22.4 Å². The fourth-order valence-corrected chi connectivity index (χ4v) is 1.09.